The van der Waals surface area contributed by atoms with E-state index in [0.717, 1.165) is 12.8 Å². The second-order valence-electron chi connectivity index (χ2n) is 5.80. The van der Waals surface area contributed by atoms with E-state index in [9.17, 15) is 4.79 Å². The first-order valence-corrected chi connectivity index (χ1v) is 7.61. The molecule has 0 saturated heterocycles. The van der Waals surface area contributed by atoms with Gasteiger partial charge in [0.2, 0.25) is 5.91 Å². The lowest BCUT2D eigenvalue weighted by molar-refractivity contribution is -0.117. The van der Waals surface area contributed by atoms with Crippen LogP contribution in [0.2, 0.25) is 5.02 Å². The molecule has 3 nitrogen and oxygen atoms in total. The van der Waals surface area contributed by atoms with Gasteiger partial charge >= 0.3 is 0 Å². The average Bonchev–Trinajstić information content (AvgIpc) is 3.24. The average molecular weight is 299 g/mol. The Morgan fingerprint density at radius 2 is 2.14 bits per heavy atom. The van der Waals surface area contributed by atoms with E-state index >= 15 is 0 Å². The first-order chi connectivity index (χ1) is 10.3. The smallest absolute Gasteiger partial charge is 0.228 e. The Hall–Kier alpha value is -1.87. The van der Waals surface area contributed by atoms with E-state index in [1.54, 1.807) is 18.5 Å². The lowest BCUT2D eigenvalue weighted by Crippen LogP contribution is -2.15. The summed E-state index contributed by atoms with van der Waals surface area (Å²) < 4.78 is 0. The number of carbonyl (C=O) groups excluding carboxylic acids is 1. The molecular formula is C17H15ClN2O. The lowest BCUT2D eigenvalue weighted by Gasteiger charge is -2.13. The third-order valence-corrected chi connectivity index (χ3v) is 4.99. The maximum absolute atomic E-state index is 12.5. The Labute approximate surface area is 128 Å². The van der Waals surface area contributed by atoms with Crippen molar-refractivity contribution in [2.75, 3.05) is 5.32 Å². The molecule has 2 aliphatic rings. The lowest BCUT2D eigenvalue weighted by atomic mass is 9.92. The molecule has 1 saturated carbocycles. The molecule has 1 amide bonds. The highest BCUT2D eigenvalue weighted by Crippen LogP contribution is 2.60. The highest BCUT2D eigenvalue weighted by atomic mass is 35.5. The van der Waals surface area contributed by atoms with Crippen molar-refractivity contribution >= 4 is 23.2 Å². The minimum atomic E-state index is 0.0663. The fourth-order valence-electron chi connectivity index (χ4n) is 3.61. The summed E-state index contributed by atoms with van der Waals surface area (Å²) in [5, 5.41) is 3.46. The molecule has 1 N–H and O–H groups in total. The number of amides is 1. The second kappa shape index (κ2) is 4.85. The van der Waals surface area contributed by atoms with Crippen molar-refractivity contribution in [3.8, 4) is 0 Å². The van der Waals surface area contributed by atoms with Crippen LogP contribution < -0.4 is 5.32 Å². The van der Waals surface area contributed by atoms with Gasteiger partial charge in [-0.2, -0.15) is 0 Å². The number of nitrogens with one attached hydrogen (secondary N) is 1. The minimum absolute atomic E-state index is 0.0663. The summed E-state index contributed by atoms with van der Waals surface area (Å²) in [5.74, 6) is 1.00. The first-order valence-electron chi connectivity index (χ1n) is 7.24. The zero-order valence-electron chi connectivity index (χ0n) is 11.4. The van der Waals surface area contributed by atoms with Gasteiger partial charge in [-0.15, -0.1) is 0 Å². The molecule has 2 aromatic rings. The van der Waals surface area contributed by atoms with E-state index in [-0.39, 0.29) is 11.8 Å². The summed E-state index contributed by atoms with van der Waals surface area (Å²) in [7, 11) is 0. The van der Waals surface area contributed by atoms with E-state index in [4.69, 9.17) is 11.6 Å². The van der Waals surface area contributed by atoms with Crippen LogP contribution in [0.5, 0.6) is 0 Å². The molecule has 3 atom stereocenters. The van der Waals surface area contributed by atoms with Crippen LogP contribution in [0, 0.1) is 11.8 Å². The van der Waals surface area contributed by atoms with Gasteiger partial charge in [0.05, 0.1) is 16.9 Å². The van der Waals surface area contributed by atoms with Crippen LogP contribution in [0.15, 0.2) is 42.7 Å². The van der Waals surface area contributed by atoms with E-state index in [2.05, 4.69) is 34.6 Å². The maximum atomic E-state index is 12.5. The SMILES string of the molecule is O=C(Nc1cnccc1Cl)C1C2CCc3ccccc3C21. The van der Waals surface area contributed by atoms with Gasteiger partial charge in [-0.1, -0.05) is 35.9 Å². The molecular weight excluding hydrogens is 284 g/mol. The molecule has 21 heavy (non-hydrogen) atoms. The van der Waals surface area contributed by atoms with Gasteiger partial charge in [0.25, 0.3) is 0 Å². The first kappa shape index (κ1) is 12.8. The fraction of sp³-hybridized carbons (Fsp3) is 0.294. The summed E-state index contributed by atoms with van der Waals surface area (Å²) in [6.45, 7) is 0. The van der Waals surface area contributed by atoms with Crippen molar-refractivity contribution in [2.45, 2.75) is 18.8 Å². The maximum Gasteiger partial charge on any atom is 0.228 e. The molecule has 106 valence electrons. The van der Waals surface area contributed by atoms with Gasteiger partial charge in [0.1, 0.15) is 0 Å². The third-order valence-electron chi connectivity index (χ3n) is 4.66. The number of anilines is 1. The second-order valence-corrected chi connectivity index (χ2v) is 6.20. The minimum Gasteiger partial charge on any atom is -0.323 e. The Morgan fingerprint density at radius 3 is 3.00 bits per heavy atom. The van der Waals surface area contributed by atoms with Crippen LogP contribution in [0.25, 0.3) is 0 Å². The standard InChI is InChI=1S/C17H15ClN2O/c18-13-7-8-19-9-14(13)20-17(21)16-12-6-5-10-3-1-2-4-11(10)15(12)16/h1-4,7-9,12,15-16H,5-6H2,(H,20,21). The van der Waals surface area contributed by atoms with Crippen molar-refractivity contribution in [3.05, 3.63) is 58.9 Å². The van der Waals surface area contributed by atoms with Gasteiger partial charge in [-0.3, -0.25) is 9.78 Å². The monoisotopic (exact) mass is 298 g/mol. The molecule has 1 heterocycles. The number of rotatable bonds is 2. The Balaban J connectivity index is 1.55. The number of halogens is 1. The molecule has 2 aliphatic carbocycles. The molecule has 0 bridgehead atoms. The van der Waals surface area contributed by atoms with Crippen LogP contribution in [0.1, 0.15) is 23.5 Å². The summed E-state index contributed by atoms with van der Waals surface area (Å²) in [6.07, 6.45) is 5.39. The topological polar surface area (TPSA) is 42.0 Å². The Morgan fingerprint density at radius 1 is 1.29 bits per heavy atom. The zero-order chi connectivity index (χ0) is 14.4. The number of nitrogens with zero attached hydrogens (tertiary/aromatic N) is 1. The zero-order valence-corrected chi connectivity index (χ0v) is 12.2. The van der Waals surface area contributed by atoms with Gasteiger partial charge in [0, 0.05) is 12.1 Å². The Bertz CT molecular complexity index is 715. The third kappa shape index (κ3) is 2.12. The Kier molecular flexibility index (Phi) is 2.96. The van der Waals surface area contributed by atoms with Crippen LogP contribution in [0.3, 0.4) is 0 Å². The number of aromatic nitrogens is 1. The summed E-state index contributed by atoms with van der Waals surface area (Å²) in [5.41, 5.74) is 3.35. The van der Waals surface area contributed by atoms with Crippen molar-refractivity contribution in [1.82, 2.24) is 4.98 Å². The van der Waals surface area contributed by atoms with E-state index in [1.807, 2.05) is 0 Å². The number of hydrogen-bond acceptors (Lipinski definition) is 2. The molecule has 4 rings (SSSR count). The van der Waals surface area contributed by atoms with E-state index < -0.39 is 0 Å². The van der Waals surface area contributed by atoms with E-state index in [1.165, 1.54) is 11.1 Å². The van der Waals surface area contributed by atoms with Gasteiger partial charge < -0.3 is 5.32 Å². The van der Waals surface area contributed by atoms with Crippen LogP contribution in [-0.4, -0.2) is 10.9 Å². The number of pyridine rings is 1. The molecule has 1 fully saturated rings. The molecule has 1 aromatic heterocycles. The van der Waals surface area contributed by atoms with Crippen molar-refractivity contribution < 1.29 is 4.79 Å². The van der Waals surface area contributed by atoms with Gasteiger partial charge in [-0.25, -0.2) is 0 Å². The number of aryl methyl sites for hydroxylation is 1. The van der Waals surface area contributed by atoms with Gasteiger partial charge in [-0.05, 0) is 41.9 Å². The number of fused-ring (bicyclic) bond motifs is 3. The number of hydrogen-bond donors (Lipinski definition) is 1. The predicted molar refractivity (Wildman–Crippen MR) is 82.4 cm³/mol. The summed E-state index contributed by atoms with van der Waals surface area (Å²) in [6, 6.07) is 10.2. The van der Waals surface area contributed by atoms with E-state index in [0.29, 0.717) is 22.5 Å². The summed E-state index contributed by atoms with van der Waals surface area (Å²) in [4.78, 5) is 16.5. The molecule has 4 heteroatoms. The van der Waals surface area contributed by atoms with Crippen molar-refractivity contribution in [2.24, 2.45) is 11.8 Å². The fourth-order valence-corrected chi connectivity index (χ4v) is 3.76. The van der Waals surface area contributed by atoms with Crippen LogP contribution in [-0.2, 0) is 11.2 Å². The quantitative estimate of drug-likeness (QED) is 0.919. The number of carbonyl (C=O) groups is 1. The summed E-state index contributed by atoms with van der Waals surface area (Å²) >= 11 is 6.07. The van der Waals surface area contributed by atoms with Crippen LogP contribution >= 0.6 is 11.6 Å². The number of benzene rings is 1. The van der Waals surface area contributed by atoms with Crippen molar-refractivity contribution in [1.29, 1.82) is 0 Å². The molecule has 0 spiro atoms. The highest BCUT2D eigenvalue weighted by molar-refractivity contribution is 6.33. The normalized spacial score (nSPS) is 25.7. The molecule has 1 aromatic carbocycles. The van der Waals surface area contributed by atoms with Gasteiger partial charge in [0.15, 0.2) is 0 Å². The highest BCUT2D eigenvalue weighted by Gasteiger charge is 2.56. The van der Waals surface area contributed by atoms with Crippen LogP contribution in [0.4, 0.5) is 5.69 Å². The van der Waals surface area contributed by atoms with Crippen molar-refractivity contribution in [3.63, 3.8) is 0 Å². The molecule has 0 radical (unpaired) electrons. The predicted octanol–water partition coefficient (Wildman–Crippen LogP) is 3.65. The molecule has 0 aliphatic heterocycles. The largest absolute Gasteiger partial charge is 0.323 e. The molecule has 3 unspecified atom stereocenters.